The highest BCUT2D eigenvalue weighted by molar-refractivity contribution is 14.0. The van der Waals surface area contributed by atoms with E-state index in [0.29, 0.717) is 24.6 Å². The number of hydrogen-bond acceptors (Lipinski definition) is 3. The fraction of sp³-hybridized carbons (Fsp3) is 0.667. The van der Waals surface area contributed by atoms with Crippen molar-refractivity contribution in [1.82, 2.24) is 15.6 Å². The number of nitrogens with one attached hydrogen (secondary N) is 2. The van der Waals surface area contributed by atoms with Crippen LogP contribution in [0, 0.1) is 5.92 Å². The van der Waals surface area contributed by atoms with Crippen LogP contribution in [0.3, 0.4) is 0 Å². The van der Waals surface area contributed by atoms with E-state index in [9.17, 15) is 0 Å². The van der Waals surface area contributed by atoms with E-state index < -0.39 is 0 Å². The van der Waals surface area contributed by atoms with Gasteiger partial charge in [-0.2, -0.15) is 0 Å². The molecule has 1 aromatic heterocycles. The molecule has 1 aliphatic carbocycles. The standard InChI is InChI=1S/C18H30N4O.HI/c1-13(2)14(3)22-18(19-4)21-12-15-8-7-11-20-17(15)23-16-9-5-6-10-16;/h7-8,11,13-14,16H,5-6,9-10,12H2,1-4H3,(H2,19,21,22);1H. The summed E-state index contributed by atoms with van der Waals surface area (Å²) in [6.07, 6.45) is 6.91. The van der Waals surface area contributed by atoms with Gasteiger partial charge in [0.2, 0.25) is 5.88 Å². The minimum Gasteiger partial charge on any atom is -0.474 e. The summed E-state index contributed by atoms with van der Waals surface area (Å²) < 4.78 is 6.08. The van der Waals surface area contributed by atoms with Crippen LogP contribution in [0.1, 0.15) is 52.0 Å². The summed E-state index contributed by atoms with van der Waals surface area (Å²) in [6.45, 7) is 7.20. The SMILES string of the molecule is CN=C(NCc1cccnc1OC1CCCC1)NC(C)C(C)C.I. The van der Waals surface area contributed by atoms with Gasteiger partial charge in [-0.15, -0.1) is 24.0 Å². The van der Waals surface area contributed by atoms with Gasteiger partial charge in [0.05, 0.1) is 0 Å². The summed E-state index contributed by atoms with van der Waals surface area (Å²) in [5.41, 5.74) is 1.07. The summed E-state index contributed by atoms with van der Waals surface area (Å²) in [7, 11) is 1.79. The van der Waals surface area contributed by atoms with Gasteiger partial charge in [-0.25, -0.2) is 4.98 Å². The van der Waals surface area contributed by atoms with E-state index in [1.165, 1.54) is 12.8 Å². The van der Waals surface area contributed by atoms with Crippen LogP contribution in [-0.4, -0.2) is 30.1 Å². The number of guanidine groups is 1. The van der Waals surface area contributed by atoms with Gasteiger partial charge in [-0.05, 0) is 44.6 Å². The van der Waals surface area contributed by atoms with Gasteiger partial charge in [-0.1, -0.05) is 19.9 Å². The Bertz CT molecular complexity index is 515. The Hall–Kier alpha value is -1.05. The number of aromatic nitrogens is 1. The summed E-state index contributed by atoms with van der Waals surface area (Å²) in [5.74, 6) is 2.11. The summed E-state index contributed by atoms with van der Waals surface area (Å²) in [6, 6.07) is 4.37. The van der Waals surface area contributed by atoms with Crippen LogP contribution in [0.4, 0.5) is 0 Å². The minimum absolute atomic E-state index is 0. The number of hydrogen-bond donors (Lipinski definition) is 2. The number of aliphatic imine (C=N–C) groups is 1. The highest BCUT2D eigenvalue weighted by Crippen LogP contribution is 2.24. The van der Waals surface area contributed by atoms with Gasteiger partial charge in [0.25, 0.3) is 0 Å². The zero-order valence-corrected chi connectivity index (χ0v) is 17.5. The Morgan fingerprint density at radius 1 is 1.33 bits per heavy atom. The smallest absolute Gasteiger partial charge is 0.218 e. The van der Waals surface area contributed by atoms with Gasteiger partial charge >= 0.3 is 0 Å². The van der Waals surface area contributed by atoms with E-state index in [1.807, 2.05) is 6.07 Å². The van der Waals surface area contributed by atoms with E-state index in [0.717, 1.165) is 30.2 Å². The highest BCUT2D eigenvalue weighted by Gasteiger charge is 2.18. The fourth-order valence-electron chi connectivity index (χ4n) is 2.58. The maximum absolute atomic E-state index is 6.08. The Balaban J connectivity index is 0.00000288. The molecule has 24 heavy (non-hydrogen) atoms. The molecule has 1 aromatic rings. The molecule has 1 heterocycles. The minimum atomic E-state index is 0. The normalized spacial score (nSPS) is 16.6. The van der Waals surface area contributed by atoms with Crippen LogP contribution in [0.2, 0.25) is 0 Å². The third-order valence-electron chi connectivity index (χ3n) is 4.46. The molecule has 2 rings (SSSR count). The van der Waals surface area contributed by atoms with Crippen molar-refractivity contribution in [2.45, 2.75) is 65.1 Å². The van der Waals surface area contributed by atoms with E-state index >= 15 is 0 Å². The molecule has 2 N–H and O–H groups in total. The summed E-state index contributed by atoms with van der Waals surface area (Å²) in [4.78, 5) is 8.70. The molecule has 0 saturated heterocycles. The van der Waals surface area contributed by atoms with Gasteiger partial charge in [0, 0.05) is 31.4 Å². The first-order chi connectivity index (χ1) is 11.1. The average molecular weight is 446 g/mol. The molecule has 0 bridgehead atoms. The van der Waals surface area contributed by atoms with Crippen molar-refractivity contribution in [3.8, 4) is 5.88 Å². The lowest BCUT2D eigenvalue weighted by Crippen LogP contribution is -2.43. The molecular weight excluding hydrogens is 415 g/mol. The largest absolute Gasteiger partial charge is 0.474 e. The fourth-order valence-corrected chi connectivity index (χ4v) is 2.58. The van der Waals surface area contributed by atoms with Gasteiger partial charge in [0.1, 0.15) is 6.10 Å². The van der Waals surface area contributed by atoms with Crippen LogP contribution >= 0.6 is 24.0 Å². The number of halogens is 1. The van der Waals surface area contributed by atoms with E-state index in [-0.39, 0.29) is 24.0 Å². The second-order valence-corrected chi connectivity index (χ2v) is 6.59. The van der Waals surface area contributed by atoms with Crippen LogP contribution < -0.4 is 15.4 Å². The number of pyridine rings is 1. The molecule has 1 unspecified atom stereocenters. The van der Waals surface area contributed by atoms with Gasteiger partial charge < -0.3 is 15.4 Å². The summed E-state index contributed by atoms with van der Waals surface area (Å²) >= 11 is 0. The van der Waals surface area contributed by atoms with Crippen molar-refractivity contribution in [2.24, 2.45) is 10.9 Å². The average Bonchev–Trinajstić information content (AvgIpc) is 3.05. The highest BCUT2D eigenvalue weighted by atomic mass is 127. The first-order valence-electron chi connectivity index (χ1n) is 8.68. The molecule has 1 atom stereocenters. The molecule has 0 aromatic carbocycles. The lowest BCUT2D eigenvalue weighted by Gasteiger charge is -2.21. The lowest BCUT2D eigenvalue weighted by molar-refractivity contribution is 0.199. The monoisotopic (exact) mass is 446 g/mol. The third kappa shape index (κ3) is 6.45. The zero-order valence-electron chi connectivity index (χ0n) is 15.2. The zero-order chi connectivity index (χ0) is 16.7. The Morgan fingerprint density at radius 2 is 2.04 bits per heavy atom. The first kappa shape index (κ1) is 21.0. The van der Waals surface area contributed by atoms with E-state index in [1.54, 1.807) is 13.2 Å². The molecule has 0 aliphatic heterocycles. The maximum Gasteiger partial charge on any atom is 0.218 e. The maximum atomic E-state index is 6.08. The van der Waals surface area contributed by atoms with Gasteiger partial charge in [-0.3, -0.25) is 4.99 Å². The van der Waals surface area contributed by atoms with Crippen LogP contribution in [0.25, 0.3) is 0 Å². The van der Waals surface area contributed by atoms with Crippen molar-refractivity contribution < 1.29 is 4.74 Å². The number of nitrogens with zero attached hydrogens (tertiary/aromatic N) is 2. The van der Waals surface area contributed by atoms with Crippen molar-refractivity contribution in [2.75, 3.05) is 7.05 Å². The predicted octanol–water partition coefficient (Wildman–Crippen LogP) is 3.73. The van der Waals surface area contributed by atoms with Crippen LogP contribution in [0.15, 0.2) is 23.3 Å². The third-order valence-corrected chi connectivity index (χ3v) is 4.46. The molecule has 5 nitrogen and oxygen atoms in total. The first-order valence-corrected chi connectivity index (χ1v) is 8.68. The predicted molar refractivity (Wildman–Crippen MR) is 110 cm³/mol. The second kappa shape index (κ2) is 10.7. The quantitative estimate of drug-likeness (QED) is 0.397. The van der Waals surface area contributed by atoms with Gasteiger partial charge in [0.15, 0.2) is 5.96 Å². The van der Waals surface area contributed by atoms with Crippen LogP contribution in [-0.2, 0) is 6.54 Å². The summed E-state index contributed by atoms with van der Waals surface area (Å²) in [5, 5.41) is 6.76. The van der Waals surface area contributed by atoms with E-state index in [4.69, 9.17) is 4.74 Å². The number of ether oxygens (including phenoxy) is 1. The molecule has 136 valence electrons. The second-order valence-electron chi connectivity index (χ2n) is 6.59. The van der Waals surface area contributed by atoms with Crippen molar-refractivity contribution >= 4 is 29.9 Å². The van der Waals surface area contributed by atoms with Crippen molar-refractivity contribution in [1.29, 1.82) is 0 Å². The lowest BCUT2D eigenvalue weighted by atomic mass is 10.1. The van der Waals surface area contributed by atoms with Crippen molar-refractivity contribution in [3.05, 3.63) is 23.9 Å². The Morgan fingerprint density at radius 3 is 2.67 bits per heavy atom. The molecular formula is C18H31IN4O. The topological polar surface area (TPSA) is 58.5 Å². The molecule has 0 spiro atoms. The molecule has 1 fully saturated rings. The molecule has 1 aliphatic rings. The van der Waals surface area contributed by atoms with E-state index in [2.05, 4.69) is 47.4 Å². The molecule has 0 amide bonds. The molecule has 1 saturated carbocycles. The molecule has 0 radical (unpaired) electrons. The van der Waals surface area contributed by atoms with Crippen LogP contribution in [0.5, 0.6) is 5.88 Å². The Labute approximate surface area is 163 Å². The van der Waals surface area contributed by atoms with Crippen molar-refractivity contribution in [3.63, 3.8) is 0 Å². The Kier molecular flexibility index (Phi) is 9.39. The molecule has 6 heteroatoms. The number of rotatable bonds is 6.